The number of benzene rings is 3. The summed E-state index contributed by atoms with van der Waals surface area (Å²) in [5.41, 5.74) is 3.55. The normalized spacial score (nSPS) is 14.4. The first-order chi connectivity index (χ1) is 16.8. The zero-order chi connectivity index (χ0) is 24.9. The standard InChI is InChI=1S/C27H24BrFN2O4/c1-3-34-24-13-20(22(28)14-25(24)35-16-18-7-9-21(29)10-8-18)12-23-26(32)31(27(33)30-23)15-19-6-4-5-17(2)11-19/h4-14H,3,15-16H2,1-2H3,(H,30,33)/b23-12+. The second kappa shape index (κ2) is 10.7. The number of carbonyl (C=O) groups excluding carboxylic acids is 2. The second-order valence-electron chi connectivity index (χ2n) is 8.04. The molecule has 0 radical (unpaired) electrons. The molecule has 1 saturated heterocycles. The number of nitrogens with one attached hydrogen (secondary N) is 1. The van der Waals surface area contributed by atoms with E-state index >= 15 is 0 Å². The number of urea groups is 1. The second-order valence-corrected chi connectivity index (χ2v) is 8.89. The number of rotatable bonds is 8. The highest BCUT2D eigenvalue weighted by Crippen LogP contribution is 2.36. The number of carbonyl (C=O) groups is 2. The number of aryl methyl sites for hydroxylation is 1. The highest BCUT2D eigenvalue weighted by Gasteiger charge is 2.33. The van der Waals surface area contributed by atoms with Gasteiger partial charge in [0.1, 0.15) is 18.1 Å². The van der Waals surface area contributed by atoms with Crippen molar-refractivity contribution in [3.63, 3.8) is 0 Å². The van der Waals surface area contributed by atoms with Crippen molar-refractivity contribution in [3.8, 4) is 11.5 Å². The van der Waals surface area contributed by atoms with E-state index in [1.54, 1.807) is 30.3 Å². The monoisotopic (exact) mass is 538 g/mol. The fourth-order valence-corrected chi connectivity index (χ4v) is 4.08. The van der Waals surface area contributed by atoms with E-state index in [1.165, 1.54) is 17.0 Å². The lowest BCUT2D eigenvalue weighted by molar-refractivity contribution is -0.123. The van der Waals surface area contributed by atoms with Crippen molar-refractivity contribution in [2.45, 2.75) is 27.0 Å². The van der Waals surface area contributed by atoms with Gasteiger partial charge < -0.3 is 14.8 Å². The Morgan fingerprint density at radius 2 is 1.74 bits per heavy atom. The number of amides is 3. The molecule has 3 amide bonds. The Balaban J connectivity index is 1.55. The van der Waals surface area contributed by atoms with Crippen LogP contribution < -0.4 is 14.8 Å². The van der Waals surface area contributed by atoms with Gasteiger partial charge in [0.2, 0.25) is 0 Å². The van der Waals surface area contributed by atoms with Gasteiger partial charge in [-0.1, -0.05) is 57.9 Å². The van der Waals surface area contributed by atoms with Crippen LogP contribution in [0.15, 0.2) is 70.8 Å². The van der Waals surface area contributed by atoms with Crippen LogP contribution >= 0.6 is 15.9 Å². The smallest absolute Gasteiger partial charge is 0.329 e. The Hall–Kier alpha value is -3.65. The topological polar surface area (TPSA) is 67.9 Å². The van der Waals surface area contributed by atoms with Crippen molar-refractivity contribution < 1.29 is 23.5 Å². The average molecular weight is 539 g/mol. The van der Waals surface area contributed by atoms with Gasteiger partial charge in [0.05, 0.1) is 13.2 Å². The minimum atomic E-state index is -0.469. The molecule has 1 heterocycles. The van der Waals surface area contributed by atoms with Crippen LogP contribution in [0.25, 0.3) is 6.08 Å². The molecule has 0 saturated carbocycles. The molecule has 0 atom stereocenters. The molecule has 6 nitrogen and oxygen atoms in total. The zero-order valence-electron chi connectivity index (χ0n) is 19.3. The lowest BCUT2D eigenvalue weighted by Crippen LogP contribution is -2.30. The van der Waals surface area contributed by atoms with E-state index in [-0.39, 0.29) is 24.7 Å². The number of halogens is 2. The van der Waals surface area contributed by atoms with Gasteiger partial charge in [-0.3, -0.25) is 9.69 Å². The van der Waals surface area contributed by atoms with Crippen molar-refractivity contribution in [1.82, 2.24) is 10.2 Å². The van der Waals surface area contributed by atoms with Crippen LogP contribution in [0.3, 0.4) is 0 Å². The molecule has 180 valence electrons. The molecule has 0 spiro atoms. The predicted molar refractivity (Wildman–Crippen MR) is 134 cm³/mol. The average Bonchev–Trinajstić information content (AvgIpc) is 3.08. The molecule has 1 N–H and O–H groups in total. The first-order valence-corrected chi connectivity index (χ1v) is 11.9. The highest BCUT2D eigenvalue weighted by molar-refractivity contribution is 9.10. The molecular weight excluding hydrogens is 515 g/mol. The molecule has 0 bridgehead atoms. The van der Waals surface area contributed by atoms with Crippen LogP contribution in [0, 0.1) is 12.7 Å². The summed E-state index contributed by atoms with van der Waals surface area (Å²) in [6, 6.07) is 16.8. The van der Waals surface area contributed by atoms with Crippen LogP contribution in [0.1, 0.15) is 29.2 Å². The molecule has 35 heavy (non-hydrogen) atoms. The van der Waals surface area contributed by atoms with Gasteiger partial charge in [-0.15, -0.1) is 0 Å². The van der Waals surface area contributed by atoms with Gasteiger partial charge in [-0.05, 0) is 60.9 Å². The van der Waals surface area contributed by atoms with Crippen LogP contribution in [-0.2, 0) is 17.9 Å². The third kappa shape index (κ3) is 5.89. The van der Waals surface area contributed by atoms with Crippen molar-refractivity contribution in [2.75, 3.05) is 6.61 Å². The summed E-state index contributed by atoms with van der Waals surface area (Å²) < 4.78 is 25.5. The first-order valence-electron chi connectivity index (χ1n) is 11.1. The fraction of sp³-hybridized carbons (Fsp3) is 0.185. The van der Waals surface area contributed by atoms with Crippen molar-refractivity contribution >= 4 is 33.9 Å². The molecule has 8 heteroatoms. The molecule has 0 aromatic heterocycles. The molecule has 0 aliphatic carbocycles. The summed E-state index contributed by atoms with van der Waals surface area (Å²) in [5.74, 6) is 0.263. The van der Waals surface area contributed by atoms with Crippen LogP contribution in [0.4, 0.5) is 9.18 Å². The molecule has 1 aliphatic rings. The number of hydrogen-bond donors (Lipinski definition) is 1. The van der Waals surface area contributed by atoms with Gasteiger partial charge in [0.15, 0.2) is 11.5 Å². The van der Waals surface area contributed by atoms with Crippen LogP contribution in [0.2, 0.25) is 0 Å². The van der Waals surface area contributed by atoms with Gasteiger partial charge >= 0.3 is 6.03 Å². The Morgan fingerprint density at radius 1 is 1.00 bits per heavy atom. The van der Waals surface area contributed by atoms with E-state index in [9.17, 15) is 14.0 Å². The third-order valence-electron chi connectivity index (χ3n) is 5.36. The van der Waals surface area contributed by atoms with E-state index in [0.29, 0.717) is 28.1 Å². The largest absolute Gasteiger partial charge is 0.490 e. The molecule has 3 aromatic carbocycles. The Kier molecular flexibility index (Phi) is 7.51. The number of ether oxygens (including phenoxy) is 2. The maximum Gasteiger partial charge on any atom is 0.329 e. The zero-order valence-corrected chi connectivity index (χ0v) is 20.9. The Bertz CT molecular complexity index is 1290. The molecule has 0 unspecified atom stereocenters. The minimum absolute atomic E-state index is 0.172. The predicted octanol–water partition coefficient (Wildman–Crippen LogP) is 5.97. The summed E-state index contributed by atoms with van der Waals surface area (Å²) in [7, 11) is 0. The van der Waals surface area contributed by atoms with Crippen LogP contribution in [0.5, 0.6) is 11.5 Å². The SMILES string of the molecule is CCOc1cc(/C=C2/NC(=O)N(Cc3cccc(C)c3)C2=O)c(Br)cc1OCc1ccc(F)cc1. The number of imide groups is 1. The van der Waals surface area contributed by atoms with E-state index in [1.807, 2.05) is 38.1 Å². The van der Waals surface area contributed by atoms with E-state index < -0.39 is 11.9 Å². The maximum atomic E-state index is 13.2. The number of nitrogens with zero attached hydrogens (tertiary/aromatic N) is 1. The van der Waals surface area contributed by atoms with Crippen molar-refractivity contribution in [1.29, 1.82) is 0 Å². The molecular formula is C27H24BrFN2O4. The first kappa shape index (κ1) is 24.5. The van der Waals surface area contributed by atoms with E-state index in [4.69, 9.17) is 9.47 Å². The fourth-order valence-electron chi connectivity index (χ4n) is 3.65. The molecule has 1 aliphatic heterocycles. The lowest BCUT2D eigenvalue weighted by atomic mass is 10.1. The quantitative estimate of drug-likeness (QED) is 0.283. The van der Waals surface area contributed by atoms with Crippen LogP contribution in [-0.4, -0.2) is 23.4 Å². The summed E-state index contributed by atoms with van der Waals surface area (Å²) in [6.07, 6.45) is 1.60. The van der Waals surface area contributed by atoms with Gasteiger partial charge in [-0.2, -0.15) is 0 Å². The summed E-state index contributed by atoms with van der Waals surface area (Å²) >= 11 is 3.52. The summed E-state index contributed by atoms with van der Waals surface area (Å²) in [6.45, 7) is 4.64. The van der Waals surface area contributed by atoms with Gasteiger partial charge in [0.25, 0.3) is 5.91 Å². The van der Waals surface area contributed by atoms with Crippen molar-refractivity contribution in [2.24, 2.45) is 0 Å². The highest BCUT2D eigenvalue weighted by atomic mass is 79.9. The van der Waals surface area contributed by atoms with E-state index in [0.717, 1.165) is 16.7 Å². The Morgan fingerprint density at radius 3 is 2.46 bits per heavy atom. The van der Waals surface area contributed by atoms with Gasteiger partial charge in [0, 0.05) is 4.47 Å². The maximum absolute atomic E-state index is 13.2. The molecule has 4 rings (SSSR count). The lowest BCUT2D eigenvalue weighted by Gasteiger charge is -2.14. The van der Waals surface area contributed by atoms with Gasteiger partial charge in [-0.25, -0.2) is 9.18 Å². The van der Waals surface area contributed by atoms with E-state index in [2.05, 4.69) is 21.2 Å². The van der Waals surface area contributed by atoms with Crippen molar-refractivity contribution in [3.05, 3.63) is 98.9 Å². The molecule has 3 aromatic rings. The number of hydrogen-bond acceptors (Lipinski definition) is 4. The minimum Gasteiger partial charge on any atom is -0.490 e. The summed E-state index contributed by atoms with van der Waals surface area (Å²) in [4.78, 5) is 26.6. The Labute approximate surface area is 211 Å². The third-order valence-corrected chi connectivity index (χ3v) is 6.04. The molecule has 1 fully saturated rings. The summed E-state index contributed by atoms with van der Waals surface area (Å²) in [5, 5.41) is 2.66.